The zero-order chi connectivity index (χ0) is 13.6. The molecule has 0 aromatic carbocycles. The predicted molar refractivity (Wildman–Crippen MR) is 73.3 cm³/mol. The fourth-order valence-electron chi connectivity index (χ4n) is 2.61. The number of amides is 1. The summed E-state index contributed by atoms with van der Waals surface area (Å²) >= 11 is 0. The van der Waals surface area contributed by atoms with Crippen molar-refractivity contribution in [2.24, 2.45) is 11.1 Å². The van der Waals surface area contributed by atoms with Crippen LogP contribution in [0.3, 0.4) is 0 Å². The summed E-state index contributed by atoms with van der Waals surface area (Å²) < 4.78 is 5.15. The molecule has 4 nitrogen and oxygen atoms in total. The molecule has 106 valence electrons. The van der Waals surface area contributed by atoms with E-state index >= 15 is 0 Å². The van der Waals surface area contributed by atoms with Crippen LogP contribution in [0, 0.1) is 5.41 Å². The summed E-state index contributed by atoms with van der Waals surface area (Å²) in [5.74, 6) is -0.0203. The Bertz CT molecular complexity index is 273. The molecule has 1 aliphatic carbocycles. The molecule has 1 aliphatic rings. The number of nitrogens with one attached hydrogen (secondary N) is 1. The van der Waals surface area contributed by atoms with E-state index in [1.54, 1.807) is 7.11 Å². The van der Waals surface area contributed by atoms with Crippen LogP contribution in [0.1, 0.15) is 52.4 Å². The number of nitrogens with two attached hydrogens (primary N) is 1. The average Bonchev–Trinajstić information content (AvgIpc) is 2.26. The van der Waals surface area contributed by atoms with E-state index in [0.29, 0.717) is 0 Å². The van der Waals surface area contributed by atoms with E-state index < -0.39 is 5.54 Å². The third kappa shape index (κ3) is 3.95. The Balaban J connectivity index is 2.40. The highest BCUT2D eigenvalue weighted by atomic mass is 16.5. The maximum absolute atomic E-state index is 12.0. The van der Waals surface area contributed by atoms with Crippen LogP contribution < -0.4 is 11.1 Å². The van der Waals surface area contributed by atoms with Gasteiger partial charge in [-0.2, -0.15) is 0 Å². The lowest BCUT2D eigenvalue weighted by Gasteiger charge is -2.42. The molecule has 0 aliphatic heterocycles. The molecule has 0 saturated heterocycles. The first kappa shape index (κ1) is 15.4. The zero-order valence-electron chi connectivity index (χ0n) is 12.1. The van der Waals surface area contributed by atoms with Gasteiger partial charge in [0.15, 0.2) is 0 Å². The summed E-state index contributed by atoms with van der Waals surface area (Å²) in [6, 6.07) is 0. The minimum absolute atomic E-state index is 0.0203. The molecule has 1 saturated carbocycles. The topological polar surface area (TPSA) is 64.4 Å². The van der Waals surface area contributed by atoms with Crippen LogP contribution in [-0.2, 0) is 9.53 Å². The largest absolute Gasteiger partial charge is 0.385 e. The summed E-state index contributed by atoms with van der Waals surface area (Å²) in [5, 5.41) is 3.04. The summed E-state index contributed by atoms with van der Waals surface area (Å²) in [6.07, 6.45) is 6.31. The summed E-state index contributed by atoms with van der Waals surface area (Å²) in [6.45, 7) is 5.37. The summed E-state index contributed by atoms with van der Waals surface area (Å²) in [4.78, 5) is 12.0. The molecule has 0 radical (unpaired) electrons. The minimum atomic E-state index is -0.735. The average molecular weight is 256 g/mol. The van der Waals surface area contributed by atoms with Crippen LogP contribution in [-0.4, -0.2) is 31.7 Å². The fraction of sp³-hybridized carbons (Fsp3) is 0.929. The van der Waals surface area contributed by atoms with Crippen molar-refractivity contribution in [1.82, 2.24) is 5.32 Å². The van der Waals surface area contributed by atoms with E-state index in [4.69, 9.17) is 10.5 Å². The lowest BCUT2D eigenvalue weighted by Crippen LogP contribution is -2.54. The highest BCUT2D eigenvalue weighted by molar-refractivity contribution is 5.85. The van der Waals surface area contributed by atoms with Gasteiger partial charge in [-0.25, -0.2) is 0 Å². The zero-order valence-corrected chi connectivity index (χ0v) is 12.1. The van der Waals surface area contributed by atoms with E-state index in [2.05, 4.69) is 5.32 Å². The lowest BCUT2D eigenvalue weighted by molar-refractivity contribution is -0.127. The molecular formula is C14H28N2O2. The molecule has 1 fully saturated rings. The highest BCUT2D eigenvalue weighted by Crippen LogP contribution is 2.43. The standard InChI is InChI=1S/C14H28N2O2/c1-4-6-13(2,15)12(17)16-11-14(7-5-8-14)9-10-18-3/h4-11,15H2,1-3H3,(H,16,17). The second-order valence-electron chi connectivity index (χ2n) is 5.95. The fourth-order valence-corrected chi connectivity index (χ4v) is 2.61. The first-order valence-corrected chi connectivity index (χ1v) is 7.02. The molecule has 0 heterocycles. The van der Waals surface area contributed by atoms with Gasteiger partial charge in [0, 0.05) is 20.3 Å². The van der Waals surface area contributed by atoms with Gasteiger partial charge in [-0.05, 0) is 38.0 Å². The van der Waals surface area contributed by atoms with Crippen LogP contribution in [0.5, 0.6) is 0 Å². The molecule has 0 bridgehead atoms. The van der Waals surface area contributed by atoms with Crippen LogP contribution in [0.25, 0.3) is 0 Å². The van der Waals surface area contributed by atoms with E-state index in [1.807, 2.05) is 13.8 Å². The molecule has 0 aromatic rings. The van der Waals surface area contributed by atoms with Crippen molar-refractivity contribution in [3.63, 3.8) is 0 Å². The Labute approximate surface area is 111 Å². The van der Waals surface area contributed by atoms with Crippen LogP contribution in [0.2, 0.25) is 0 Å². The molecule has 0 aromatic heterocycles. The molecule has 18 heavy (non-hydrogen) atoms. The first-order valence-electron chi connectivity index (χ1n) is 7.02. The monoisotopic (exact) mass is 256 g/mol. The predicted octanol–water partition coefficient (Wildman–Crippen LogP) is 1.83. The van der Waals surface area contributed by atoms with E-state index in [9.17, 15) is 4.79 Å². The molecule has 0 spiro atoms. The third-order valence-corrected chi connectivity index (χ3v) is 4.16. The van der Waals surface area contributed by atoms with Crippen molar-refractivity contribution in [1.29, 1.82) is 0 Å². The van der Waals surface area contributed by atoms with Gasteiger partial charge in [0.25, 0.3) is 0 Å². The minimum Gasteiger partial charge on any atom is -0.385 e. The molecule has 1 unspecified atom stereocenters. The normalized spacial score (nSPS) is 20.9. The Kier molecular flexibility index (Phi) is 5.60. The highest BCUT2D eigenvalue weighted by Gasteiger charge is 2.38. The number of rotatable bonds is 8. The lowest BCUT2D eigenvalue weighted by atomic mass is 9.66. The number of ether oxygens (including phenoxy) is 1. The molecule has 4 heteroatoms. The second-order valence-corrected chi connectivity index (χ2v) is 5.95. The van der Waals surface area contributed by atoms with Gasteiger partial charge in [-0.15, -0.1) is 0 Å². The summed E-state index contributed by atoms with van der Waals surface area (Å²) in [7, 11) is 1.73. The molecular weight excluding hydrogens is 228 g/mol. The van der Waals surface area contributed by atoms with Crippen LogP contribution >= 0.6 is 0 Å². The maximum atomic E-state index is 12.0. The van der Waals surface area contributed by atoms with Crippen molar-refractivity contribution in [2.75, 3.05) is 20.3 Å². The van der Waals surface area contributed by atoms with E-state index in [1.165, 1.54) is 19.3 Å². The molecule has 1 atom stereocenters. The molecule has 3 N–H and O–H groups in total. The van der Waals surface area contributed by atoms with Gasteiger partial charge in [-0.3, -0.25) is 4.79 Å². The number of carbonyl (C=O) groups is 1. The van der Waals surface area contributed by atoms with E-state index in [-0.39, 0.29) is 11.3 Å². The van der Waals surface area contributed by atoms with Crippen molar-refractivity contribution in [3.05, 3.63) is 0 Å². The second kappa shape index (κ2) is 6.53. The SMILES string of the molecule is CCCC(C)(N)C(=O)NCC1(CCOC)CCC1. The number of hydrogen-bond acceptors (Lipinski definition) is 3. The van der Waals surface area contributed by atoms with Gasteiger partial charge in [0.1, 0.15) is 0 Å². The van der Waals surface area contributed by atoms with E-state index in [0.717, 1.165) is 32.4 Å². The van der Waals surface area contributed by atoms with Gasteiger partial charge in [-0.1, -0.05) is 19.8 Å². The Hall–Kier alpha value is -0.610. The molecule has 1 amide bonds. The Morgan fingerprint density at radius 3 is 2.61 bits per heavy atom. The number of methoxy groups -OCH3 is 1. The van der Waals surface area contributed by atoms with Crippen molar-refractivity contribution in [2.45, 2.75) is 57.9 Å². The number of carbonyl (C=O) groups excluding carboxylic acids is 1. The maximum Gasteiger partial charge on any atom is 0.239 e. The molecule has 1 rings (SSSR count). The van der Waals surface area contributed by atoms with Crippen molar-refractivity contribution < 1.29 is 9.53 Å². The van der Waals surface area contributed by atoms with Crippen molar-refractivity contribution >= 4 is 5.91 Å². The van der Waals surface area contributed by atoms with Gasteiger partial charge < -0.3 is 15.8 Å². The van der Waals surface area contributed by atoms with Crippen molar-refractivity contribution in [3.8, 4) is 0 Å². The first-order chi connectivity index (χ1) is 8.46. The van der Waals surface area contributed by atoms with Crippen LogP contribution in [0.15, 0.2) is 0 Å². The van der Waals surface area contributed by atoms with Crippen LogP contribution in [0.4, 0.5) is 0 Å². The quantitative estimate of drug-likeness (QED) is 0.696. The Morgan fingerprint density at radius 2 is 2.17 bits per heavy atom. The van der Waals surface area contributed by atoms with Gasteiger partial charge in [0.2, 0.25) is 5.91 Å². The number of hydrogen-bond donors (Lipinski definition) is 2. The third-order valence-electron chi connectivity index (χ3n) is 4.16. The summed E-state index contributed by atoms with van der Waals surface area (Å²) in [5.41, 5.74) is 5.55. The smallest absolute Gasteiger partial charge is 0.239 e. The van der Waals surface area contributed by atoms with Gasteiger partial charge in [0.05, 0.1) is 5.54 Å². The Morgan fingerprint density at radius 1 is 1.50 bits per heavy atom. The van der Waals surface area contributed by atoms with Gasteiger partial charge >= 0.3 is 0 Å².